The average molecular weight is 296 g/mol. The number of unbranched alkanes of at least 4 members (excludes halogenated alkanes) is 1. The molecule has 0 aliphatic carbocycles. The summed E-state index contributed by atoms with van der Waals surface area (Å²) in [5.74, 6) is 2.62. The lowest BCUT2D eigenvalue weighted by atomic mass is 10.1. The number of hydrogen-bond donors (Lipinski definition) is 0. The Hall–Kier alpha value is -1.67. The molecule has 1 saturated heterocycles. The van der Waals surface area contributed by atoms with Gasteiger partial charge in [-0.3, -0.25) is 4.90 Å². The first kappa shape index (κ1) is 15.7. The van der Waals surface area contributed by atoms with E-state index in [-0.39, 0.29) is 0 Å². The van der Waals surface area contributed by atoms with Crippen molar-refractivity contribution >= 4 is 5.69 Å². The van der Waals surface area contributed by atoms with Gasteiger partial charge in [-0.05, 0) is 31.2 Å². The van der Waals surface area contributed by atoms with Crippen LogP contribution in [0.5, 0.6) is 0 Å². The zero-order valence-electron chi connectivity index (χ0n) is 11.9. The lowest BCUT2D eigenvalue weighted by Crippen LogP contribution is -2.46. The second kappa shape index (κ2) is 6.86. The van der Waals surface area contributed by atoms with E-state index in [0.29, 0.717) is 5.69 Å². The molecule has 0 unspecified atom stereocenters. The van der Waals surface area contributed by atoms with E-state index in [1.807, 2.05) is 4.90 Å². The predicted octanol–water partition coefficient (Wildman–Crippen LogP) is 3.24. The van der Waals surface area contributed by atoms with Gasteiger partial charge in [0.05, 0.1) is 5.56 Å². The molecule has 1 aromatic rings. The maximum atomic E-state index is 12.7. The summed E-state index contributed by atoms with van der Waals surface area (Å²) in [6.45, 7) is 4.18. The quantitative estimate of drug-likeness (QED) is 0.622. The van der Waals surface area contributed by atoms with Crippen LogP contribution in [0.25, 0.3) is 0 Å². The van der Waals surface area contributed by atoms with Crippen molar-refractivity contribution in [3.8, 4) is 12.3 Å². The number of nitrogens with zero attached hydrogens (tertiary/aromatic N) is 2. The third kappa shape index (κ3) is 4.40. The summed E-state index contributed by atoms with van der Waals surface area (Å²) >= 11 is 0. The van der Waals surface area contributed by atoms with Gasteiger partial charge in [0.1, 0.15) is 0 Å². The molecule has 0 amide bonds. The molecular weight excluding hydrogens is 277 g/mol. The molecule has 0 atom stereocenters. The molecule has 1 aromatic carbocycles. The average Bonchev–Trinajstić information content (AvgIpc) is 2.47. The van der Waals surface area contributed by atoms with E-state index in [9.17, 15) is 13.2 Å². The van der Waals surface area contributed by atoms with E-state index < -0.39 is 11.7 Å². The number of halogens is 3. The van der Waals surface area contributed by atoms with Crippen LogP contribution in [0.3, 0.4) is 0 Å². The summed E-state index contributed by atoms with van der Waals surface area (Å²) in [7, 11) is 0. The van der Waals surface area contributed by atoms with Crippen molar-refractivity contribution in [2.45, 2.75) is 19.0 Å². The molecule has 0 N–H and O–H groups in total. The molecule has 0 spiro atoms. The van der Waals surface area contributed by atoms with Crippen LogP contribution in [-0.2, 0) is 6.18 Å². The van der Waals surface area contributed by atoms with Gasteiger partial charge in [0.2, 0.25) is 0 Å². The van der Waals surface area contributed by atoms with E-state index in [4.69, 9.17) is 6.42 Å². The Morgan fingerprint density at radius 2 is 1.86 bits per heavy atom. The maximum Gasteiger partial charge on any atom is 0.416 e. The lowest BCUT2D eigenvalue weighted by Gasteiger charge is -2.36. The number of anilines is 1. The number of piperazine rings is 1. The molecule has 0 radical (unpaired) electrons. The molecule has 1 fully saturated rings. The first-order valence-electron chi connectivity index (χ1n) is 7.09. The Morgan fingerprint density at radius 1 is 1.14 bits per heavy atom. The zero-order valence-corrected chi connectivity index (χ0v) is 11.9. The summed E-state index contributed by atoms with van der Waals surface area (Å²) < 4.78 is 38.2. The predicted molar refractivity (Wildman–Crippen MR) is 78.2 cm³/mol. The van der Waals surface area contributed by atoms with Gasteiger partial charge in [-0.15, -0.1) is 12.3 Å². The second-order valence-electron chi connectivity index (χ2n) is 5.18. The Balaban J connectivity index is 1.92. The Kier molecular flexibility index (Phi) is 5.13. The van der Waals surface area contributed by atoms with Gasteiger partial charge in [-0.25, -0.2) is 0 Å². The summed E-state index contributed by atoms with van der Waals surface area (Å²) in [6, 6.07) is 5.55. The van der Waals surface area contributed by atoms with Crippen molar-refractivity contribution in [3.05, 3.63) is 29.8 Å². The van der Waals surface area contributed by atoms with Crippen molar-refractivity contribution in [2.75, 3.05) is 37.6 Å². The number of hydrogen-bond acceptors (Lipinski definition) is 2. The molecule has 21 heavy (non-hydrogen) atoms. The molecule has 1 heterocycles. The van der Waals surface area contributed by atoms with Crippen molar-refractivity contribution in [1.82, 2.24) is 4.90 Å². The fraction of sp³-hybridized carbons (Fsp3) is 0.500. The van der Waals surface area contributed by atoms with Crippen LogP contribution in [0.15, 0.2) is 24.3 Å². The molecule has 0 bridgehead atoms. The standard InChI is InChI=1S/C16H19F3N2/c1-2-3-4-8-20-9-11-21(12-10-20)15-7-5-6-14(13-15)16(17,18)19/h1,5-7,13H,3-4,8-12H2. The Morgan fingerprint density at radius 3 is 2.48 bits per heavy atom. The van der Waals surface area contributed by atoms with E-state index >= 15 is 0 Å². The highest BCUT2D eigenvalue weighted by Crippen LogP contribution is 2.31. The topological polar surface area (TPSA) is 6.48 Å². The van der Waals surface area contributed by atoms with Crippen molar-refractivity contribution in [1.29, 1.82) is 0 Å². The molecule has 0 aromatic heterocycles. The van der Waals surface area contributed by atoms with Crippen LogP contribution < -0.4 is 4.90 Å². The van der Waals surface area contributed by atoms with Gasteiger partial charge >= 0.3 is 6.18 Å². The Labute approximate surface area is 123 Å². The highest BCUT2D eigenvalue weighted by Gasteiger charge is 2.31. The van der Waals surface area contributed by atoms with E-state index in [0.717, 1.165) is 51.6 Å². The number of terminal acetylenes is 1. The maximum absolute atomic E-state index is 12.7. The van der Waals surface area contributed by atoms with Crippen molar-refractivity contribution < 1.29 is 13.2 Å². The van der Waals surface area contributed by atoms with Gasteiger partial charge in [0.15, 0.2) is 0 Å². The highest BCUT2D eigenvalue weighted by molar-refractivity contribution is 5.49. The minimum absolute atomic E-state index is 0.587. The molecule has 2 rings (SSSR count). The number of alkyl halides is 3. The minimum atomic E-state index is -4.28. The van der Waals surface area contributed by atoms with Gasteiger partial charge in [-0.1, -0.05) is 6.07 Å². The third-order valence-corrected chi connectivity index (χ3v) is 3.71. The van der Waals surface area contributed by atoms with Crippen LogP contribution >= 0.6 is 0 Å². The first-order valence-corrected chi connectivity index (χ1v) is 7.09. The normalized spacial score (nSPS) is 16.8. The van der Waals surface area contributed by atoms with Gasteiger partial charge < -0.3 is 4.90 Å². The summed E-state index contributed by atoms with van der Waals surface area (Å²) in [6.07, 6.45) is 2.68. The van der Waals surface area contributed by atoms with E-state index in [1.54, 1.807) is 6.07 Å². The summed E-state index contributed by atoms with van der Waals surface area (Å²) in [5, 5.41) is 0. The Bertz CT molecular complexity index is 497. The smallest absolute Gasteiger partial charge is 0.369 e. The molecule has 114 valence electrons. The van der Waals surface area contributed by atoms with Gasteiger partial charge in [0, 0.05) is 38.3 Å². The number of benzene rings is 1. The van der Waals surface area contributed by atoms with E-state index in [2.05, 4.69) is 10.8 Å². The van der Waals surface area contributed by atoms with Crippen LogP contribution in [-0.4, -0.2) is 37.6 Å². The molecule has 1 aliphatic heterocycles. The summed E-state index contributed by atoms with van der Waals surface area (Å²) in [5.41, 5.74) is 0.0598. The van der Waals surface area contributed by atoms with Gasteiger partial charge in [0.25, 0.3) is 0 Å². The summed E-state index contributed by atoms with van der Waals surface area (Å²) in [4.78, 5) is 4.31. The molecule has 0 saturated carbocycles. The van der Waals surface area contributed by atoms with Crippen LogP contribution in [0.1, 0.15) is 18.4 Å². The molecular formula is C16H19F3N2. The van der Waals surface area contributed by atoms with Crippen molar-refractivity contribution in [2.24, 2.45) is 0 Å². The molecule has 2 nitrogen and oxygen atoms in total. The van der Waals surface area contributed by atoms with Crippen LogP contribution in [0.2, 0.25) is 0 Å². The zero-order chi connectivity index (χ0) is 15.3. The van der Waals surface area contributed by atoms with Crippen LogP contribution in [0.4, 0.5) is 18.9 Å². The van der Waals surface area contributed by atoms with E-state index in [1.165, 1.54) is 12.1 Å². The monoisotopic (exact) mass is 296 g/mol. The largest absolute Gasteiger partial charge is 0.416 e. The molecule has 1 aliphatic rings. The van der Waals surface area contributed by atoms with Crippen molar-refractivity contribution in [3.63, 3.8) is 0 Å². The SMILES string of the molecule is C#CCCCN1CCN(c2cccc(C(F)(F)F)c2)CC1. The minimum Gasteiger partial charge on any atom is -0.369 e. The second-order valence-corrected chi connectivity index (χ2v) is 5.18. The van der Waals surface area contributed by atoms with Gasteiger partial charge in [-0.2, -0.15) is 13.2 Å². The fourth-order valence-electron chi connectivity index (χ4n) is 2.51. The highest BCUT2D eigenvalue weighted by atomic mass is 19.4. The third-order valence-electron chi connectivity index (χ3n) is 3.71. The first-order chi connectivity index (χ1) is 10.0. The fourth-order valence-corrected chi connectivity index (χ4v) is 2.51. The molecule has 5 heteroatoms. The lowest BCUT2D eigenvalue weighted by molar-refractivity contribution is -0.137. The number of rotatable bonds is 4. The van der Waals surface area contributed by atoms with Crippen LogP contribution in [0, 0.1) is 12.3 Å².